The number of hydrogen-bond donors (Lipinski definition) is 0. The maximum absolute atomic E-state index is 6.46. The minimum absolute atomic E-state index is 0.138. The van der Waals surface area contributed by atoms with Gasteiger partial charge in [-0.25, -0.2) is 4.99 Å². The monoisotopic (exact) mass is 566 g/mol. The Morgan fingerprint density at radius 1 is 0.682 bits per heavy atom. The normalized spacial score (nSPS) is 17.8. The molecule has 0 saturated carbocycles. The minimum Gasteiger partial charge on any atom is -0.465 e. The highest BCUT2D eigenvalue weighted by Gasteiger charge is 2.41. The average Bonchev–Trinajstić information content (AvgIpc) is 3.55. The van der Waals surface area contributed by atoms with Crippen LogP contribution in [0.4, 0.5) is 0 Å². The van der Waals surface area contributed by atoms with Crippen molar-refractivity contribution < 1.29 is 4.74 Å². The van der Waals surface area contributed by atoms with E-state index in [4.69, 9.17) is 9.73 Å². The smallest absolute Gasteiger partial charge is 0.222 e. The molecule has 0 N–H and O–H groups in total. The summed E-state index contributed by atoms with van der Waals surface area (Å²) in [6.45, 7) is 4.76. The van der Waals surface area contributed by atoms with E-state index in [1.165, 1.54) is 44.1 Å². The van der Waals surface area contributed by atoms with Gasteiger partial charge in [0.05, 0.1) is 16.9 Å². The molecule has 0 amide bonds. The fourth-order valence-electron chi connectivity index (χ4n) is 7.53. The molecule has 0 saturated heterocycles. The second-order valence-corrected chi connectivity index (χ2v) is 12.3. The van der Waals surface area contributed by atoms with E-state index in [-0.39, 0.29) is 11.5 Å². The number of fused-ring (bicyclic) bond motifs is 8. The lowest BCUT2D eigenvalue weighted by atomic mass is 9.79. The minimum atomic E-state index is -0.160. The predicted molar refractivity (Wildman–Crippen MR) is 181 cm³/mol. The summed E-state index contributed by atoms with van der Waals surface area (Å²) in [5.41, 5.74) is 11.7. The summed E-state index contributed by atoms with van der Waals surface area (Å²) >= 11 is 0. The van der Waals surface area contributed by atoms with Crippen molar-refractivity contribution >= 4 is 33.3 Å². The molecule has 1 aliphatic heterocycles. The highest BCUT2D eigenvalue weighted by Crippen LogP contribution is 2.55. The number of hydrogen-bond acceptors (Lipinski definition) is 2. The maximum atomic E-state index is 6.46. The molecule has 2 aliphatic carbocycles. The lowest BCUT2D eigenvalue weighted by molar-refractivity contribution is 0.270. The zero-order valence-electron chi connectivity index (χ0n) is 24.7. The Morgan fingerprint density at radius 2 is 1.43 bits per heavy atom. The fraction of sp³-hybridized carbons (Fsp3) is 0.0976. The highest BCUT2D eigenvalue weighted by molar-refractivity contribution is 6.05. The first-order chi connectivity index (χ1) is 21.6. The highest BCUT2D eigenvalue weighted by atomic mass is 16.5. The summed E-state index contributed by atoms with van der Waals surface area (Å²) < 4.78 is 8.91. The molecule has 3 heteroatoms. The van der Waals surface area contributed by atoms with E-state index in [0.29, 0.717) is 5.90 Å². The van der Waals surface area contributed by atoms with Crippen molar-refractivity contribution in [1.29, 1.82) is 0 Å². The van der Waals surface area contributed by atoms with Crippen LogP contribution in [-0.2, 0) is 10.2 Å². The zero-order valence-corrected chi connectivity index (χ0v) is 24.7. The van der Waals surface area contributed by atoms with Crippen LogP contribution < -0.4 is 0 Å². The summed E-state index contributed by atoms with van der Waals surface area (Å²) in [5.74, 6) is 0.643. The predicted octanol–water partition coefficient (Wildman–Crippen LogP) is 9.77. The second-order valence-electron chi connectivity index (χ2n) is 12.3. The average molecular weight is 567 g/mol. The molecule has 3 aliphatic rings. The Hall–Kier alpha value is -5.41. The van der Waals surface area contributed by atoms with Crippen molar-refractivity contribution in [1.82, 2.24) is 4.57 Å². The fourth-order valence-corrected chi connectivity index (χ4v) is 7.53. The van der Waals surface area contributed by atoms with E-state index in [2.05, 4.69) is 146 Å². The Labute approximate surface area is 256 Å². The van der Waals surface area contributed by atoms with Crippen molar-refractivity contribution in [2.75, 3.05) is 0 Å². The standard InChI is InChI=1S/C41H30N2O/c1-41(2)36-30-15-7-6-12-26(30)22-25-33(36)39-37(41)31-16-8-10-18-34(31)43(39)29-23-20-28(21-24-29)40-42-38(27-13-4-3-5-14-27)32-17-9-11-19-35(32)44-40/h3-25,35H,1-2H3. The van der Waals surface area contributed by atoms with E-state index in [0.717, 1.165) is 28.1 Å². The number of aromatic nitrogens is 1. The Balaban J connectivity index is 1.20. The van der Waals surface area contributed by atoms with E-state index in [1.54, 1.807) is 0 Å². The molecule has 5 aromatic carbocycles. The molecule has 44 heavy (non-hydrogen) atoms. The molecular formula is C41H30N2O. The molecule has 0 radical (unpaired) electrons. The summed E-state index contributed by atoms with van der Waals surface area (Å²) in [5, 5.41) is 3.92. The maximum Gasteiger partial charge on any atom is 0.222 e. The lowest BCUT2D eigenvalue weighted by Gasteiger charge is -2.27. The number of para-hydroxylation sites is 1. The van der Waals surface area contributed by atoms with E-state index >= 15 is 0 Å². The van der Waals surface area contributed by atoms with Crippen molar-refractivity contribution in [2.45, 2.75) is 25.4 Å². The number of aliphatic imine (C=N–C) groups is 1. The molecule has 0 spiro atoms. The third kappa shape index (κ3) is 3.53. The van der Waals surface area contributed by atoms with Gasteiger partial charge in [-0.15, -0.1) is 0 Å². The molecule has 9 rings (SSSR count). The van der Waals surface area contributed by atoms with Crippen LogP contribution in [0.2, 0.25) is 0 Å². The number of rotatable bonds is 3. The summed E-state index contributed by atoms with van der Waals surface area (Å²) in [7, 11) is 0. The van der Waals surface area contributed by atoms with Crippen molar-refractivity contribution in [3.63, 3.8) is 0 Å². The van der Waals surface area contributed by atoms with Crippen molar-refractivity contribution in [2.24, 2.45) is 4.99 Å². The molecule has 1 atom stereocenters. The van der Waals surface area contributed by atoms with Gasteiger partial charge in [0.25, 0.3) is 0 Å². The van der Waals surface area contributed by atoms with Crippen LogP contribution in [-0.4, -0.2) is 16.6 Å². The van der Waals surface area contributed by atoms with Gasteiger partial charge < -0.3 is 9.30 Å². The summed E-state index contributed by atoms with van der Waals surface area (Å²) in [4.78, 5) is 5.07. The Bertz CT molecular complexity index is 2260. The van der Waals surface area contributed by atoms with Gasteiger partial charge in [0, 0.05) is 38.8 Å². The second kappa shape index (κ2) is 9.29. The summed E-state index contributed by atoms with van der Waals surface area (Å²) in [6, 6.07) is 41.3. The van der Waals surface area contributed by atoms with E-state index in [1.807, 2.05) is 12.1 Å². The molecule has 6 aromatic rings. The number of ether oxygens (including phenoxy) is 1. The Morgan fingerprint density at radius 3 is 2.27 bits per heavy atom. The van der Waals surface area contributed by atoms with Crippen molar-refractivity contribution in [3.8, 4) is 16.9 Å². The quantitative estimate of drug-likeness (QED) is 0.209. The molecule has 2 heterocycles. The van der Waals surface area contributed by atoms with Crippen LogP contribution in [0.5, 0.6) is 0 Å². The van der Waals surface area contributed by atoms with Gasteiger partial charge in [-0.2, -0.15) is 0 Å². The van der Waals surface area contributed by atoms with Gasteiger partial charge in [0.2, 0.25) is 5.90 Å². The molecule has 0 fully saturated rings. The largest absolute Gasteiger partial charge is 0.465 e. The van der Waals surface area contributed by atoms with Gasteiger partial charge >= 0.3 is 0 Å². The van der Waals surface area contributed by atoms with Crippen LogP contribution >= 0.6 is 0 Å². The lowest BCUT2D eigenvalue weighted by Crippen LogP contribution is -2.24. The summed E-state index contributed by atoms with van der Waals surface area (Å²) in [6.07, 6.45) is 8.14. The number of nitrogens with zero attached hydrogens (tertiary/aromatic N) is 2. The third-order valence-electron chi connectivity index (χ3n) is 9.43. The first-order valence-corrected chi connectivity index (χ1v) is 15.3. The van der Waals surface area contributed by atoms with E-state index < -0.39 is 0 Å². The van der Waals surface area contributed by atoms with Crippen LogP contribution in [0.3, 0.4) is 0 Å². The molecule has 210 valence electrons. The van der Waals surface area contributed by atoms with Crippen LogP contribution in [0, 0.1) is 0 Å². The third-order valence-corrected chi connectivity index (χ3v) is 9.43. The van der Waals surface area contributed by atoms with Crippen LogP contribution in [0.25, 0.3) is 44.3 Å². The van der Waals surface area contributed by atoms with Gasteiger partial charge in [-0.1, -0.05) is 117 Å². The molecule has 0 bridgehead atoms. The van der Waals surface area contributed by atoms with Crippen molar-refractivity contribution in [3.05, 3.63) is 167 Å². The number of allylic oxidation sites excluding steroid dienone is 2. The van der Waals surface area contributed by atoms with Gasteiger partial charge in [-0.3, -0.25) is 0 Å². The first kappa shape index (κ1) is 25.1. The molecular weight excluding hydrogens is 536 g/mol. The number of benzene rings is 5. The molecule has 1 unspecified atom stereocenters. The van der Waals surface area contributed by atoms with E-state index in [9.17, 15) is 0 Å². The van der Waals surface area contributed by atoms with Crippen LogP contribution in [0.15, 0.2) is 150 Å². The van der Waals surface area contributed by atoms with Gasteiger partial charge in [0.15, 0.2) is 0 Å². The van der Waals surface area contributed by atoms with Gasteiger partial charge in [-0.05, 0) is 58.3 Å². The zero-order chi connectivity index (χ0) is 29.4. The first-order valence-electron chi connectivity index (χ1n) is 15.3. The Kier molecular flexibility index (Phi) is 5.31. The molecule has 1 aromatic heterocycles. The topological polar surface area (TPSA) is 26.5 Å². The molecule has 3 nitrogen and oxygen atoms in total. The van der Waals surface area contributed by atoms with Crippen LogP contribution in [0.1, 0.15) is 36.1 Å². The van der Waals surface area contributed by atoms with Gasteiger partial charge in [0.1, 0.15) is 6.10 Å². The SMILES string of the molecule is CC1(C)c2c(ccc3ccccc23)-c2c1c1ccccc1n2-c1ccc(C2=NC(c3ccccc3)=C3C=CC=CC3O2)cc1.